The summed E-state index contributed by atoms with van der Waals surface area (Å²) < 4.78 is 18.6. The summed E-state index contributed by atoms with van der Waals surface area (Å²) in [6.45, 7) is 4.01. The van der Waals surface area contributed by atoms with Gasteiger partial charge in [-0.05, 0) is 67.4 Å². The van der Waals surface area contributed by atoms with Crippen LogP contribution in [0.15, 0.2) is 87.8 Å². The fourth-order valence-electron chi connectivity index (χ4n) is 4.50. The van der Waals surface area contributed by atoms with E-state index < -0.39 is 12.0 Å². The van der Waals surface area contributed by atoms with E-state index in [1.165, 1.54) is 11.3 Å². The van der Waals surface area contributed by atoms with E-state index in [-0.39, 0.29) is 12.2 Å². The Balaban J connectivity index is 1.48. The minimum absolute atomic E-state index is 0.210. The highest BCUT2D eigenvalue weighted by atomic mass is 35.5. The Morgan fingerprint density at radius 1 is 1.05 bits per heavy atom. The van der Waals surface area contributed by atoms with Gasteiger partial charge in [-0.1, -0.05) is 64.9 Å². The van der Waals surface area contributed by atoms with Crippen molar-refractivity contribution < 1.29 is 19.0 Å². The monoisotopic (exact) mass is 608 g/mol. The van der Waals surface area contributed by atoms with Gasteiger partial charge in [0.15, 0.2) is 4.80 Å². The van der Waals surface area contributed by atoms with Crippen LogP contribution in [-0.4, -0.2) is 24.3 Å². The normalized spacial score (nSPS) is 14.9. The highest BCUT2D eigenvalue weighted by Gasteiger charge is 2.33. The molecule has 0 saturated heterocycles. The van der Waals surface area contributed by atoms with Gasteiger partial charge in [0.1, 0.15) is 18.1 Å². The van der Waals surface area contributed by atoms with Gasteiger partial charge >= 0.3 is 5.97 Å². The lowest BCUT2D eigenvalue weighted by Gasteiger charge is -2.24. The highest BCUT2D eigenvalue weighted by molar-refractivity contribution is 7.07. The van der Waals surface area contributed by atoms with Crippen molar-refractivity contribution >= 4 is 46.6 Å². The van der Waals surface area contributed by atoms with Crippen LogP contribution in [0.4, 0.5) is 0 Å². The Morgan fingerprint density at radius 2 is 1.76 bits per heavy atom. The number of nitrogens with zero attached hydrogens (tertiary/aromatic N) is 2. The molecule has 1 aromatic heterocycles. The first kappa shape index (κ1) is 28.7. The molecule has 0 bridgehead atoms. The molecule has 3 aromatic carbocycles. The molecule has 4 aromatic rings. The van der Waals surface area contributed by atoms with Gasteiger partial charge in [0, 0.05) is 15.6 Å². The third-order valence-electron chi connectivity index (χ3n) is 6.54. The van der Waals surface area contributed by atoms with Crippen LogP contribution >= 0.6 is 34.5 Å². The SMILES string of the molecule is CCOC(=O)C1=C(C)N=c2s/c(=C\c3ccc(OCc4ccc(Cl)cc4Cl)cc3)c(=O)n2[C@@H]1c1ccc(OC)cc1. The summed E-state index contributed by atoms with van der Waals surface area (Å²) in [5, 5.41) is 1.11. The van der Waals surface area contributed by atoms with Crippen LogP contribution in [-0.2, 0) is 16.1 Å². The molecule has 0 radical (unpaired) electrons. The Bertz CT molecular complexity index is 1810. The van der Waals surface area contributed by atoms with E-state index in [4.69, 9.17) is 37.4 Å². The number of fused-ring (bicyclic) bond motifs is 1. The number of benzene rings is 3. The molecule has 2 heterocycles. The summed E-state index contributed by atoms with van der Waals surface area (Å²) in [5.41, 5.74) is 2.98. The Hall–Kier alpha value is -3.85. The van der Waals surface area contributed by atoms with Gasteiger partial charge in [-0.25, -0.2) is 9.79 Å². The van der Waals surface area contributed by atoms with Crippen molar-refractivity contribution in [1.29, 1.82) is 0 Å². The molecule has 41 heavy (non-hydrogen) atoms. The van der Waals surface area contributed by atoms with Crippen LogP contribution in [0.1, 0.15) is 36.6 Å². The van der Waals surface area contributed by atoms with E-state index in [2.05, 4.69) is 4.99 Å². The summed E-state index contributed by atoms with van der Waals surface area (Å²) in [6, 6.07) is 19.3. The summed E-state index contributed by atoms with van der Waals surface area (Å²) in [5.74, 6) is 0.825. The van der Waals surface area contributed by atoms with Crippen LogP contribution in [0.2, 0.25) is 10.0 Å². The highest BCUT2D eigenvalue weighted by Crippen LogP contribution is 2.31. The average molecular weight is 610 g/mol. The molecular weight excluding hydrogens is 583 g/mol. The number of halogens is 2. The predicted octanol–water partition coefficient (Wildman–Crippen LogP) is 5.69. The standard InChI is InChI=1S/C31H26Cl2N2O5S/c1-4-39-30(37)27-18(2)34-31-35(28(27)20-8-13-23(38-3)14-9-20)29(36)26(41-31)15-19-5-11-24(12-6-19)40-17-21-7-10-22(32)16-25(21)33/h5-16,28H,4,17H2,1-3H3/b26-15-/t28-/m1/s1. The van der Waals surface area contributed by atoms with E-state index in [1.54, 1.807) is 55.9 Å². The Labute approximate surface area is 250 Å². The number of allylic oxidation sites excluding steroid dienone is 1. The fourth-order valence-corrected chi connectivity index (χ4v) is 6.01. The van der Waals surface area contributed by atoms with Crippen molar-refractivity contribution in [3.05, 3.63) is 124 Å². The zero-order valence-corrected chi connectivity index (χ0v) is 24.8. The lowest BCUT2D eigenvalue weighted by atomic mass is 9.96. The van der Waals surface area contributed by atoms with Gasteiger partial charge < -0.3 is 14.2 Å². The summed E-state index contributed by atoms with van der Waals surface area (Å²) in [6.07, 6.45) is 1.80. The number of rotatable bonds is 8. The second-order valence-electron chi connectivity index (χ2n) is 9.17. The van der Waals surface area contributed by atoms with Crippen molar-refractivity contribution in [2.45, 2.75) is 26.5 Å². The third-order valence-corrected chi connectivity index (χ3v) is 8.11. The van der Waals surface area contributed by atoms with Crippen molar-refractivity contribution in [3.8, 4) is 11.5 Å². The van der Waals surface area contributed by atoms with Crippen molar-refractivity contribution in [3.63, 3.8) is 0 Å². The van der Waals surface area contributed by atoms with Crippen LogP contribution in [0.25, 0.3) is 6.08 Å². The number of esters is 1. The summed E-state index contributed by atoms with van der Waals surface area (Å²) in [4.78, 5) is 31.9. The van der Waals surface area contributed by atoms with Crippen molar-refractivity contribution in [2.75, 3.05) is 13.7 Å². The molecule has 0 fully saturated rings. The van der Waals surface area contributed by atoms with Crippen LogP contribution < -0.4 is 24.4 Å². The zero-order chi connectivity index (χ0) is 29.1. The molecule has 0 saturated carbocycles. The van der Waals surface area contributed by atoms with Crippen LogP contribution in [0.3, 0.4) is 0 Å². The number of carbonyl (C=O) groups is 1. The predicted molar refractivity (Wildman–Crippen MR) is 161 cm³/mol. The number of aromatic nitrogens is 1. The number of hydrogen-bond donors (Lipinski definition) is 0. The lowest BCUT2D eigenvalue weighted by Crippen LogP contribution is -2.39. The number of ether oxygens (including phenoxy) is 3. The lowest BCUT2D eigenvalue weighted by molar-refractivity contribution is -0.139. The fraction of sp³-hybridized carbons (Fsp3) is 0.194. The van der Waals surface area contributed by atoms with Crippen LogP contribution in [0.5, 0.6) is 11.5 Å². The van der Waals surface area contributed by atoms with Gasteiger partial charge in [0.25, 0.3) is 5.56 Å². The maximum atomic E-state index is 13.8. The second-order valence-corrected chi connectivity index (χ2v) is 11.0. The zero-order valence-electron chi connectivity index (χ0n) is 22.5. The number of methoxy groups -OCH3 is 1. The number of thiazole rings is 1. The molecule has 0 unspecified atom stereocenters. The first-order valence-corrected chi connectivity index (χ1v) is 14.4. The van der Waals surface area contributed by atoms with E-state index in [0.29, 0.717) is 48.8 Å². The third kappa shape index (κ3) is 6.10. The van der Waals surface area contributed by atoms with Crippen molar-refractivity contribution in [1.82, 2.24) is 4.57 Å². The first-order valence-electron chi connectivity index (χ1n) is 12.8. The van der Waals surface area contributed by atoms with Gasteiger partial charge in [-0.15, -0.1) is 0 Å². The molecule has 210 valence electrons. The molecule has 1 aliphatic rings. The summed E-state index contributed by atoms with van der Waals surface area (Å²) in [7, 11) is 1.58. The van der Waals surface area contributed by atoms with Crippen molar-refractivity contribution in [2.24, 2.45) is 4.99 Å². The molecule has 10 heteroatoms. The van der Waals surface area contributed by atoms with Crippen LogP contribution in [0, 0.1) is 0 Å². The van der Waals surface area contributed by atoms with Gasteiger partial charge in [-0.3, -0.25) is 9.36 Å². The quantitative estimate of drug-likeness (QED) is 0.240. The molecular formula is C31H26Cl2N2O5S. The Morgan fingerprint density at radius 3 is 2.41 bits per heavy atom. The molecule has 0 N–H and O–H groups in total. The van der Waals surface area contributed by atoms with E-state index in [1.807, 2.05) is 42.5 Å². The molecule has 5 rings (SSSR count). The average Bonchev–Trinajstić information content (AvgIpc) is 3.26. The van der Waals surface area contributed by atoms with E-state index in [9.17, 15) is 9.59 Å². The largest absolute Gasteiger partial charge is 0.497 e. The summed E-state index contributed by atoms with van der Waals surface area (Å²) >= 11 is 13.5. The smallest absolute Gasteiger partial charge is 0.338 e. The molecule has 7 nitrogen and oxygen atoms in total. The molecule has 1 atom stereocenters. The molecule has 0 spiro atoms. The maximum absolute atomic E-state index is 13.8. The van der Waals surface area contributed by atoms with E-state index >= 15 is 0 Å². The number of carbonyl (C=O) groups excluding carboxylic acids is 1. The Kier molecular flexibility index (Phi) is 8.63. The molecule has 0 amide bonds. The van der Waals surface area contributed by atoms with E-state index in [0.717, 1.165) is 16.7 Å². The minimum atomic E-state index is -0.686. The first-order chi connectivity index (χ1) is 19.8. The second kappa shape index (κ2) is 12.3. The molecule has 0 aliphatic carbocycles. The maximum Gasteiger partial charge on any atom is 0.338 e. The number of hydrogen-bond acceptors (Lipinski definition) is 7. The van der Waals surface area contributed by atoms with Gasteiger partial charge in [0.05, 0.1) is 35.6 Å². The molecule has 1 aliphatic heterocycles. The topological polar surface area (TPSA) is 79.1 Å². The van der Waals surface area contributed by atoms with Gasteiger partial charge in [0.2, 0.25) is 0 Å². The van der Waals surface area contributed by atoms with Gasteiger partial charge in [-0.2, -0.15) is 0 Å². The minimum Gasteiger partial charge on any atom is -0.497 e.